The van der Waals surface area contributed by atoms with Crippen LogP contribution in [-0.4, -0.2) is 25.1 Å². The minimum absolute atomic E-state index is 0.120. The average Bonchev–Trinajstić information content (AvgIpc) is 3.00. The summed E-state index contributed by atoms with van der Waals surface area (Å²) in [5.41, 5.74) is 1.35. The molecule has 2 aromatic carbocycles. The third-order valence-electron chi connectivity index (χ3n) is 3.65. The molecule has 0 N–H and O–H groups in total. The van der Waals surface area contributed by atoms with E-state index in [2.05, 4.69) is 4.99 Å². The Balaban J connectivity index is 1.94. The third kappa shape index (κ3) is 4.43. The fourth-order valence-corrected chi connectivity index (χ4v) is 2.87. The molecule has 0 saturated carbocycles. The van der Waals surface area contributed by atoms with Crippen LogP contribution < -0.4 is 9.47 Å². The van der Waals surface area contributed by atoms with Gasteiger partial charge in [-0.2, -0.15) is 0 Å². The van der Waals surface area contributed by atoms with Gasteiger partial charge in [0.2, 0.25) is 5.90 Å². The highest BCUT2D eigenvalue weighted by Crippen LogP contribution is 2.31. The van der Waals surface area contributed by atoms with Crippen LogP contribution in [0.5, 0.6) is 11.5 Å². The molecule has 1 aliphatic rings. The molecule has 0 atom stereocenters. The smallest absolute Gasteiger partial charge is 0.363 e. The largest absolute Gasteiger partial charge is 0.490 e. The molecule has 1 aliphatic heterocycles. The lowest BCUT2D eigenvalue weighted by Crippen LogP contribution is -2.06. The number of ether oxygens (including phenoxy) is 3. The number of cyclic esters (lactones) is 1. The van der Waals surface area contributed by atoms with Crippen molar-refractivity contribution in [3.8, 4) is 11.5 Å². The SMILES string of the molecule is CCOc1ccc(/C=C2/N=C(c3cc(Cl)ccc3Cl)OC2=O)cc1OCC. The number of carbonyl (C=O) groups excluding carboxylic acids is 1. The number of hydrogen-bond acceptors (Lipinski definition) is 5. The fraction of sp³-hybridized carbons (Fsp3) is 0.200. The molecule has 0 aromatic heterocycles. The second-order valence-corrected chi connectivity index (χ2v) is 6.38. The molecule has 7 heteroatoms. The summed E-state index contributed by atoms with van der Waals surface area (Å²) in [5.74, 6) is 0.801. The van der Waals surface area contributed by atoms with Crippen molar-refractivity contribution in [1.29, 1.82) is 0 Å². The number of benzene rings is 2. The molecule has 27 heavy (non-hydrogen) atoms. The Morgan fingerprint density at radius 1 is 1.04 bits per heavy atom. The molecule has 0 spiro atoms. The maximum Gasteiger partial charge on any atom is 0.363 e. The van der Waals surface area contributed by atoms with Gasteiger partial charge in [-0.05, 0) is 55.8 Å². The van der Waals surface area contributed by atoms with Crippen LogP contribution in [0.2, 0.25) is 10.0 Å². The number of halogens is 2. The lowest BCUT2D eigenvalue weighted by atomic mass is 10.1. The van der Waals surface area contributed by atoms with Gasteiger partial charge in [-0.1, -0.05) is 29.3 Å². The van der Waals surface area contributed by atoms with Gasteiger partial charge in [0.25, 0.3) is 0 Å². The van der Waals surface area contributed by atoms with Gasteiger partial charge < -0.3 is 14.2 Å². The standard InChI is InChI=1S/C20H17Cl2NO4/c1-3-25-17-8-5-12(10-18(17)26-4-2)9-16-20(24)27-19(23-16)14-11-13(21)6-7-15(14)22/h5-11H,3-4H2,1-2H3/b16-9+. The molecule has 2 aromatic rings. The van der Waals surface area contributed by atoms with E-state index < -0.39 is 5.97 Å². The summed E-state index contributed by atoms with van der Waals surface area (Å²) in [6.07, 6.45) is 1.62. The van der Waals surface area contributed by atoms with Crippen molar-refractivity contribution in [2.75, 3.05) is 13.2 Å². The Morgan fingerprint density at radius 3 is 2.52 bits per heavy atom. The molecule has 1 heterocycles. The summed E-state index contributed by atoms with van der Waals surface area (Å²) in [6, 6.07) is 10.3. The van der Waals surface area contributed by atoms with Crippen LogP contribution in [0.3, 0.4) is 0 Å². The van der Waals surface area contributed by atoms with Crippen molar-refractivity contribution in [3.05, 3.63) is 63.3 Å². The Labute approximate surface area is 167 Å². The second-order valence-electron chi connectivity index (χ2n) is 5.53. The molecule has 3 rings (SSSR count). The Hall–Kier alpha value is -2.50. The van der Waals surface area contributed by atoms with E-state index in [1.807, 2.05) is 19.9 Å². The molecule has 0 amide bonds. The fourth-order valence-electron chi connectivity index (χ4n) is 2.50. The summed E-state index contributed by atoms with van der Waals surface area (Å²) in [7, 11) is 0. The summed E-state index contributed by atoms with van der Waals surface area (Å²) in [4.78, 5) is 16.5. The van der Waals surface area contributed by atoms with Gasteiger partial charge >= 0.3 is 5.97 Å². The average molecular weight is 406 g/mol. The predicted molar refractivity (Wildman–Crippen MR) is 106 cm³/mol. The maximum absolute atomic E-state index is 12.2. The van der Waals surface area contributed by atoms with E-state index in [-0.39, 0.29) is 11.6 Å². The maximum atomic E-state index is 12.2. The van der Waals surface area contributed by atoms with Gasteiger partial charge in [0, 0.05) is 5.02 Å². The van der Waals surface area contributed by atoms with Crippen LogP contribution in [0.4, 0.5) is 0 Å². The zero-order valence-corrected chi connectivity index (χ0v) is 16.3. The van der Waals surface area contributed by atoms with Crippen LogP contribution >= 0.6 is 23.2 Å². The number of esters is 1. The molecule has 0 saturated heterocycles. The normalized spacial score (nSPS) is 14.9. The minimum atomic E-state index is -0.562. The lowest BCUT2D eigenvalue weighted by molar-refractivity contribution is -0.129. The quantitative estimate of drug-likeness (QED) is 0.493. The Bertz CT molecular complexity index is 938. The summed E-state index contributed by atoms with van der Waals surface area (Å²) in [5, 5.41) is 0.866. The van der Waals surface area contributed by atoms with E-state index in [0.717, 1.165) is 5.56 Å². The van der Waals surface area contributed by atoms with Crippen LogP contribution in [0.1, 0.15) is 25.0 Å². The van der Waals surface area contributed by atoms with Gasteiger partial charge in [0.1, 0.15) is 0 Å². The van der Waals surface area contributed by atoms with Gasteiger partial charge in [0.15, 0.2) is 17.2 Å². The highest BCUT2D eigenvalue weighted by Gasteiger charge is 2.26. The number of rotatable bonds is 6. The van der Waals surface area contributed by atoms with Gasteiger partial charge in [0.05, 0.1) is 23.8 Å². The molecule has 0 radical (unpaired) electrons. The van der Waals surface area contributed by atoms with E-state index in [9.17, 15) is 4.79 Å². The van der Waals surface area contributed by atoms with Crippen molar-refractivity contribution in [2.45, 2.75) is 13.8 Å². The zero-order chi connectivity index (χ0) is 19.4. The summed E-state index contributed by atoms with van der Waals surface area (Å²) >= 11 is 12.1. The van der Waals surface area contributed by atoms with Crippen LogP contribution in [0.25, 0.3) is 6.08 Å². The molecule has 140 valence electrons. The predicted octanol–water partition coefficient (Wildman–Crippen LogP) is 5.14. The van der Waals surface area contributed by atoms with Gasteiger partial charge in [-0.15, -0.1) is 0 Å². The Morgan fingerprint density at radius 2 is 1.78 bits per heavy atom. The first-order chi connectivity index (χ1) is 13.0. The molecule has 0 fully saturated rings. The van der Waals surface area contributed by atoms with Crippen LogP contribution in [-0.2, 0) is 9.53 Å². The van der Waals surface area contributed by atoms with Crippen molar-refractivity contribution in [1.82, 2.24) is 0 Å². The van der Waals surface area contributed by atoms with E-state index in [4.69, 9.17) is 37.4 Å². The van der Waals surface area contributed by atoms with Crippen molar-refractivity contribution in [2.24, 2.45) is 4.99 Å². The molecule has 0 unspecified atom stereocenters. The molecule has 0 aliphatic carbocycles. The van der Waals surface area contributed by atoms with E-state index >= 15 is 0 Å². The molecule has 0 bridgehead atoms. The van der Waals surface area contributed by atoms with Crippen molar-refractivity contribution >= 4 is 41.1 Å². The molecular formula is C20H17Cl2NO4. The summed E-state index contributed by atoms with van der Waals surface area (Å²) < 4.78 is 16.4. The Kier molecular flexibility index (Phi) is 6.04. The number of aliphatic imine (C=N–C) groups is 1. The number of nitrogens with zero attached hydrogens (tertiary/aromatic N) is 1. The lowest BCUT2D eigenvalue weighted by Gasteiger charge is -2.11. The first-order valence-electron chi connectivity index (χ1n) is 8.39. The highest BCUT2D eigenvalue weighted by molar-refractivity contribution is 6.36. The monoisotopic (exact) mass is 405 g/mol. The topological polar surface area (TPSA) is 57.1 Å². The van der Waals surface area contributed by atoms with Crippen LogP contribution in [0, 0.1) is 0 Å². The third-order valence-corrected chi connectivity index (χ3v) is 4.21. The van der Waals surface area contributed by atoms with Crippen LogP contribution in [0.15, 0.2) is 47.1 Å². The van der Waals surface area contributed by atoms with E-state index in [1.54, 1.807) is 36.4 Å². The second kappa shape index (κ2) is 8.46. The highest BCUT2D eigenvalue weighted by atomic mass is 35.5. The van der Waals surface area contributed by atoms with Gasteiger partial charge in [-0.3, -0.25) is 0 Å². The first-order valence-corrected chi connectivity index (χ1v) is 9.15. The molecular weight excluding hydrogens is 389 g/mol. The number of hydrogen-bond donors (Lipinski definition) is 0. The van der Waals surface area contributed by atoms with Gasteiger partial charge in [-0.25, -0.2) is 9.79 Å². The number of carbonyl (C=O) groups is 1. The minimum Gasteiger partial charge on any atom is -0.490 e. The van der Waals surface area contributed by atoms with Crippen molar-refractivity contribution in [3.63, 3.8) is 0 Å². The van der Waals surface area contributed by atoms with Crippen molar-refractivity contribution < 1.29 is 19.0 Å². The molecule has 5 nitrogen and oxygen atoms in total. The van der Waals surface area contributed by atoms with E-state index in [1.165, 1.54) is 0 Å². The first kappa shape index (κ1) is 19.3. The summed E-state index contributed by atoms with van der Waals surface area (Å²) in [6.45, 7) is 4.82. The van der Waals surface area contributed by atoms with E-state index in [0.29, 0.717) is 40.3 Å². The zero-order valence-electron chi connectivity index (χ0n) is 14.8.